The summed E-state index contributed by atoms with van der Waals surface area (Å²) >= 11 is 14.8. The van der Waals surface area contributed by atoms with Gasteiger partial charge in [-0.2, -0.15) is 0 Å². The fraction of sp³-hybridized carbons (Fsp3) is 0.143. The first-order valence-electron chi connectivity index (χ1n) is 3.12. The minimum Gasteiger partial charge on any atom is -0.502 e. The van der Waals surface area contributed by atoms with Crippen molar-refractivity contribution in [2.75, 3.05) is 0 Å². The minimum absolute atomic E-state index is 0.394. The summed E-state index contributed by atoms with van der Waals surface area (Å²) in [6.07, 6.45) is 0. The SMILES string of the molecule is Cc1c([NH+]=[N-])cc(Cl)c(Cl)c1Br. The van der Waals surface area contributed by atoms with Crippen LogP contribution in [0.1, 0.15) is 5.56 Å². The van der Waals surface area contributed by atoms with Crippen LogP contribution in [-0.2, 0) is 0 Å². The Balaban J connectivity index is 3.49. The van der Waals surface area contributed by atoms with Crippen LogP contribution in [0.2, 0.25) is 10.0 Å². The van der Waals surface area contributed by atoms with Crippen LogP contribution in [0.25, 0.3) is 5.53 Å². The summed E-state index contributed by atoms with van der Waals surface area (Å²) in [5.41, 5.74) is 10.0. The van der Waals surface area contributed by atoms with Crippen LogP contribution in [0.4, 0.5) is 5.69 Å². The number of hydrogen-bond donors (Lipinski definition) is 1. The van der Waals surface area contributed by atoms with Crippen molar-refractivity contribution in [3.05, 3.63) is 31.7 Å². The molecule has 64 valence electrons. The monoisotopic (exact) mass is 266 g/mol. The highest BCUT2D eigenvalue weighted by molar-refractivity contribution is 9.10. The Labute approximate surface area is 88.5 Å². The van der Waals surface area contributed by atoms with Crippen molar-refractivity contribution in [3.63, 3.8) is 0 Å². The molecule has 0 heterocycles. The van der Waals surface area contributed by atoms with Crippen molar-refractivity contribution in [3.8, 4) is 0 Å². The Morgan fingerprint density at radius 2 is 2.08 bits per heavy atom. The number of nitrogens with one attached hydrogen (secondary N) is 1. The summed E-state index contributed by atoms with van der Waals surface area (Å²) in [6.45, 7) is 1.81. The van der Waals surface area contributed by atoms with E-state index in [2.05, 4.69) is 15.9 Å². The van der Waals surface area contributed by atoms with Crippen molar-refractivity contribution in [2.45, 2.75) is 6.92 Å². The molecule has 2 nitrogen and oxygen atoms in total. The van der Waals surface area contributed by atoms with E-state index in [0.29, 0.717) is 20.2 Å². The molecule has 0 fully saturated rings. The van der Waals surface area contributed by atoms with Gasteiger partial charge in [-0.25, -0.2) is 0 Å². The molecule has 0 amide bonds. The Morgan fingerprint density at radius 1 is 1.50 bits per heavy atom. The van der Waals surface area contributed by atoms with Crippen LogP contribution in [0.5, 0.6) is 0 Å². The van der Waals surface area contributed by atoms with Gasteiger partial charge in [-0.1, -0.05) is 23.2 Å². The van der Waals surface area contributed by atoms with Crippen LogP contribution in [0, 0.1) is 6.92 Å². The lowest BCUT2D eigenvalue weighted by Gasteiger charge is -2.03. The van der Waals surface area contributed by atoms with Gasteiger partial charge in [-0.3, -0.25) is 5.11 Å². The number of nitrogens with zero attached hydrogens (tertiary/aromatic N) is 1. The van der Waals surface area contributed by atoms with E-state index in [9.17, 15) is 0 Å². The third-order valence-electron chi connectivity index (χ3n) is 1.53. The standard InChI is InChI=1S/C7H5BrCl2N2/c1-3-5(12-11)2-4(9)7(10)6(3)8/h2,12H,1H3. The lowest BCUT2D eigenvalue weighted by atomic mass is 10.2. The Morgan fingerprint density at radius 3 is 2.58 bits per heavy atom. The molecule has 1 aromatic carbocycles. The van der Waals surface area contributed by atoms with Crippen molar-refractivity contribution < 1.29 is 5.11 Å². The molecule has 1 rings (SSSR count). The molecule has 0 aliphatic rings. The largest absolute Gasteiger partial charge is 0.502 e. The van der Waals surface area contributed by atoms with Crippen molar-refractivity contribution in [1.82, 2.24) is 0 Å². The zero-order chi connectivity index (χ0) is 9.30. The predicted molar refractivity (Wildman–Crippen MR) is 52.9 cm³/mol. The van der Waals surface area contributed by atoms with E-state index in [-0.39, 0.29) is 0 Å². The van der Waals surface area contributed by atoms with Gasteiger partial charge in [0.05, 0.1) is 10.0 Å². The second kappa shape index (κ2) is 3.73. The van der Waals surface area contributed by atoms with Crippen LogP contribution in [0.3, 0.4) is 0 Å². The predicted octanol–water partition coefficient (Wildman–Crippen LogP) is 2.80. The van der Waals surface area contributed by atoms with E-state index in [1.165, 1.54) is 0 Å². The zero-order valence-electron chi connectivity index (χ0n) is 6.16. The van der Waals surface area contributed by atoms with Gasteiger partial charge >= 0.3 is 0 Å². The van der Waals surface area contributed by atoms with E-state index in [1.54, 1.807) is 6.07 Å². The molecular weight excluding hydrogens is 263 g/mol. The van der Waals surface area contributed by atoms with E-state index in [0.717, 1.165) is 5.56 Å². The summed E-state index contributed by atoms with van der Waals surface area (Å²) in [6, 6.07) is 1.56. The molecular formula is C7H5BrCl2N2. The topological polar surface area (TPSA) is 36.3 Å². The van der Waals surface area contributed by atoms with Gasteiger partial charge in [0.25, 0.3) is 0 Å². The first-order chi connectivity index (χ1) is 5.57. The fourth-order valence-corrected chi connectivity index (χ4v) is 1.74. The van der Waals surface area contributed by atoms with Gasteiger partial charge in [-0.15, -0.1) is 0 Å². The molecule has 0 unspecified atom stereocenters. The fourth-order valence-electron chi connectivity index (χ4n) is 0.802. The summed E-state index contributed by atoms with van der Waals surface area (Å²) in [7, 11) is 0. The van der Waals surface area contributed by atoms with E-state index < -0.39 is 0 Å². The molecule has 1 N–H and O–H groups in total. The van der Waals surface area contributed by atoms with Crippen molar-refractivity contribution >= 4 is 44.8 Å². The molecule has 0 radical (unpaired) electrons. The molecule has 12 heavy (non-hydrogen) atoms. The minimum atomic E-state index is 0.394. The molecule has 0 aromatic heterocycles. The average molecular weight is 268 g/mol. The quantitative estimate of drug-likeness (QED) is 0.600. The van der Waals surface area contributed by atoms with Gasteiger partial charge in [0.15, 0.2) is 5.69 Å². The third-order valence-corrected chi connectivity index (χ3v) is 3.53. The van der Waals surface area contributed by atoms with Crippen LogP contribution in [-0.4, -0.2) is 0 Å². The maximum Gasteiger partial charge on any atom is 0.198 e. The second-order valence-corrected chi connectivity index (χ2v) is 3.85. The van der Waals surface area contributed by atoms with Crippen molar-refractivity contribution in [2.24, 2.45) is 0 Å². The number of benzene rings is 1. The molecule has 1 aromatic rings. The maximum absolute atomic E-state index is 8.69. The molecule has 0 bridgehead atoms. The molecule has 0 saturated heterocycles. The first-order valence-corrected chi connectivity index (χ1v) is 4.67. The third kappa shape index (κ3) is 1.63. The molecule has 0 aliphatic carbocycles. The van der Waals surface area contributed by atoms with Crippen LogP contribution in [0.15, 0.2) is 10.5 Å². The van der Waals surface area contributed by atoms with Gasteiger partial charge in [0.1, 0.15) is 0 Å². The number of hydrogen-bond acceptors (Lipinski definition) is 0. The second-order valence-electron chi connectivity index (χ2n) is 2.27. The molecule has 0 aliphatic heterocycles. The lowest BCUT2D eigenvalue weighted by molar-refractivity contribution is -0.380. The van der Waals surface area contributed by atoms with Crippen LogP contribution < -0.4 is 5.11 Å². The van der Waals surface area contributed by atoms with Crippen molar-refractivity contribution in [1.29, 1.82) is 0 Å². The summed E-state index contributed by atoms with van der Waals surface area (Å²) in [4.78, 5) is 0. The smallest absolute Gasteiger partial charge is 0.198 e. The van der Waals surface area contributed by atoms with Crippen LogP contribution >= 0.6 is 39.1 Å². The molecule has 5 heteroatoms. The molecule has 0 saturated carbocycles. The van der Waals surface area contributed by atoms with Gasteiger partial charge < -0.3 is 5.53 Å². The van der Waals surface area contributed by atoms with E-state index in [4.69, 9.17) is 28.7 Å². The Hall–Kier alpha value is -0.120. The van der Waals surface area contributed by atoms with E-state index >= 15 is 0 Å². The number of rotatable bonds is 1. The Kier molecular flexibility index (Phi) is 3.09. The van der Waals surface area contributed by atoms with Gasteiger partial charge in [0, 0.05) is 16.1 Å². The summed E-state index contributed by atoms with van der Waals surface area (Å²) < 4.78 is 0.688. The number of halogens is 3. The van der Waals surface area contributed by atoms with E-state index in [1.807, 2.05) is 12.0 Å². The summed E-state index contributed by atoms with van der Waals surface area (Å²) in [5.74, 6) is 0. The highest BCUT2D eigenvalue weighted by Crippen LogP contribution is 2.35. The van der Waals surface area contributed by atoms with Gasteiger partial charge in [-0.05, 0) is 22.9 Å². The highest BCUT2D eigenvalue weighted by atomic mass is 79.9. The normalized spacial score (nSPS) is 10.0. The highest BCUT2D eigenvalue weighted by Gasteiger charge is 2.12. The molecule has 0 spiro atoms. The van der Waals surface area contributed by atoms with Gasteiger partial charge in [0.2, 0.25) is 0 Å². The zero-order valence-corrected chi connectivity index (χ0v) is 9.26. The molecule has 0 atom stereocenters. The average Bonchev–Trinajstić information content (AvgIpc) is 2.08. The summed E-state index contributed by atoms with van der Waals surface area (Å²) in [5, 5.41) is 2.88. The Bertz CT molecular complexity index is 339. The maximum atomic E-state index is 8.69. The first kappa shape index (κ1) is 9.96. The lowest BCUT2D eigenvalue weighted by Crippen LogP contribution is -2.55.